The minimum atomic E-state index is -0.237. The minimum absolute atomic E-state index is 0.123. The molecule has 1 heterocycles. The molecule has 3 rings (SSSR count). The van der Waals surface area contributed by atoms with E-state index >= 15 is 0 Å². The summed E-state index contributed by atoms with van der Waals surface area (Å²) in [7, 11) is 0. The number of hydrazone groups is 1. The maximum absolute atomic E-state index is 12.3. The number of amides is 1. The van der Waals surface area contributed by atoms with E-state index < -0.39 is 0 Å². The highest BCUT2D eigenvalue weighted by Crippen LogP contribution is 2.31. The maximum Gasteiger partial charge on any atom is 0.253 e. The largest absolute Gasteiger partial charge is 0.486 e. The van der Waals surface area contributed by atoms with Gasteiger partial charge in [-0.3, -0.25) is 4.79 Å². The molecule has 2 aromatic carbocycles. The molecule has 136 valence electrons. The van der Waals surface area contributed by atoms with Gasteiger partial charge in [0.05, 0.1) is 11.0 Å². The minimum Gasteiger partial charge on any atom is -0.486 e. The average Bonchev–Trinajstić information content (AvgIpc) is 2.69. The van der Waals surface area contributed by atoms with Crippen molar-refractivity contribution in [1.82, 2.24) is 5.43 Å². The Labute approximate surface area is 157 Å². The van der Waals surface area contributed by atoms with Gasteiger partial charge in [-0.25, -0.2) is 5.43 Å². The Hall–Kier alpha value is -2.47. The number of thioether (sulfide) groups is 1. The number of carbonyl (C=O) groups excluding carboxylic acids is 1. The molecule has 0 spiro atoms. The molecular formula is C20H22N2O3S. The first-order valence-electron chi connectivity index (χ1n) is 8.65. The molecule has 5 nitrogen and oxygen atoms in total. The first-order chi connectivity index (χ1) is 12.7. The van der Waals surface area contributed by atoms with Crippen LogP contribution < -0.4 is 14.9 Å². The van der Waals surface area contributed by atoms with E-state index in [-0.39, 0.29) is 11.2 Å². The molecule has 0 aromatic heterocycles. The van der Waals surface area contributed by atoms with Crippen LogP contribution in [0.4, 0.5) is 0 Å². The Morgan fingerprint density at radius 2 is 1.88 bits per heavy atom. The molecule has 0 fully saturated rings. The monoisotopic (exact) mass is 370 g/mol. The van der Waals surface area contributed by atoms with Crippen LogP contribution in [0.1, 0.15) is 25.8 Å². The number of hydrogen-bond acceptors (Lipinski definition) is 5. The second-order valence-electron chi connectivity index (χ2n) is 5.82. The van der Waals surface area contributed by atoms with Crippen molar-refractivity contribution in [2.45, 2.75) is 30.4 Å². The van der Waals surface area contributed by atoms with Crippen molar-refractivity contribution >= 4 is 23.4 Å². The molecule has 1 unspecified atom stereocenters. The van der Waals surface area contributed by atoms with Crippen LogP contribution in [0, 0.1) is 0 Å². The number of rotatable bonds is 6. The normalized spacial score (nSPS) is 14.6. The Bertz CT molecular complexity index is 793. The third-order valence-electron chi connectivity index (χ3n) is 3.94. The van der Waals surface area contributed by atoms with Gasteiger partial charge in [-0.15, -0.1) is 11.8 Å². The van der Waals surface area contributed by atoms with Gasteiger partial charge in [0.1, 0.15) is 13.2 Å². The van der Waals surface area contributed by atoms with Gasteiger partial charge in [0.15, 0.2) is 11.5 Å². The lowest BCUT2D eigenvalue weighted by atomic mass is 10.1. The molecular weight excluding hydrogens is 348 g/mol. The maximum atomic E-state index is 12.3. The van der Waals surface area contributed by atoms with E-state index in [2.05, 4.69) is 10.5 Å². The van der Waals surface area contributed by atoms with Gasteiger partial charge in [0.25, 0.3) is 5.91 Å². The van der Waals surface area contributed by atoms with Crippen LogP contribution in [0.2, 0.25) is 0 Å². The Morgan fingerprint density at radius 1 is 1.15 bits per heavy atom. The lowest BCUT2D eigenvalue weighted by Crippen LogP contribution is -2.28. The topological polar surface area (TPSA) is 59.9 Å². The van der Waals surface area contributed by atoms with E-state index in [9.17, 15) is 4.79 Å². The van der Waals surface area contributed by atoms with E-state index in [1.807, 2.05) is 62.4 Å². The number of hydrogen-bond donors (Lipinski definition) is 1. The Morgan fingerprint density at radius 3 is 2.62 bits per heavy atom. The van der Waals surface area contributed by atoms with Crippen LogP contribution in [0.3, 0.4) is 0 Å². The summed E-state index contributed by atoms with van der Waals surface area (Å²) in [6, 6.07) is 15.6. The first kappa shape index (κ1) is 18.3. The van der Waals surface area contributed by atoms with Crippen LogP contribution in [-0.4, -0.2) is 30.1 Å². The molecule has 1 aliphatic rings. The fourth-order valence-corrected chi connectivity index (χ4v) is 3.42. The zero-order valence-corrected chi connectivity index (χ0v) is 15.7. The summed E-state index contributed by atoms with van der Waals surface area (Å²) in [4.78, 5) is 13.4. The number of fused-ring (bicyclic) bond motifs is 1. The summed E-state index contributed by atoms with van der Waals surface area (Å²) in [6.07, 6.45) is 0.695. The van der Waals surface area contributed by atoms with Crippen LogP contribution in [0.25, 0.3) is 0 Å². The van der Waals surface area contributed by atoms with Gasteiger partial charge in [-0.1, -0.05) is 25.1 Å². The fraction of sp³-hybridized carbons (Fsp3) is 0.300. The zero-order valence-electron chi connectivity index (χ0n) is 14.9. The molecule has 0 aliphatic carbocycles. The van der Waals surface area contributed by atoms with Gasteiger partial charge in [-0.2, -0.15) is 5.10 Å². The van der Waals surface area contributed by atoms with Crippen molar-refractivity contribution in [3.05, 3.63) is 54.1 Å². The summed E-state index contributed by atoms with van der Waals surface area (Å²) in [5.74, 6) is 1.34. The number of ether oxygens (including phenoxy) is 2. The lowest BCUT2D eigenvalue weighted by Gasteiger charge is -2.19. The van der Waals surface area contributed by atoms with Crippen LogP contribution in [-0.2, 0) is 4.79 Å². The lowest BCUT2D eigenvalue weighted by molar-refractivity contribution is -0.120. The fourth-order valence-electron chi connectivity index (χ4n) is 2.54. The molecule has 1 aliphatic heterocycles. The van der Waals surface area contributed by atoms with Crippen LogP contribution >= 0.6 is 11.8 Å². The molecule has 26 heavy (non-hydrogen) atoms. The highest BCUT2D eigenvalue weighted by atomic mass is 32.2. The van der Waals surface area contributed by atoms with E-state index in [1.165, 1.54) is 11.8 Å². The third kappa shape index (κ3) is 4.58. The van der Waals surface area contributed by atoms with Gasteiger partial charge in [-0.05, 0) is 43.7 Å². The molecule has 1 amide bonds. The van der Waals surface area contributed by atoms with Gasteiger partial charge in [0, 0.05) is 10.5 Å². The molecule has 1 atom stereocenters. The summed E-state index contributed by atoms with van der Waals surface area (Å²) in [5.41, 5.74) is 4.40. The molecule has 0 radical (unpaired) electrons. The molecule has 6 heteroatoms. The van der Waals surface area contributed by atoms with E-state index in [1.54, 1.807) is 0 Å². The summed E-state index contributed by atoms with van der Waals surface area (Å²) >= 11 is 1.51. The first-order valence-corrected chi connectivity index (χ1v) is 9.53. The summed E-state index contributed by atoms with van der Waals surface area (Å²) < 4.78 is 11.2. The second kappa shape index (κ2) is 8.76. The van der Waals surface area contributed by atoms with E-state index in [0.717, 1.165) is 21.9 Å². The molecule has 0 bridgehead atoms. The zero-order chi connectivity index (χ0) is 18.4. The van der Waals surface area contributed by atoms with E-state index in [4.69, 9.17) is 9.47 Å². The van der Waals surface area contributed by atoms with Crippen molar-refractivity contribution in [2.24, 2.45) is 5.10 Å². The number of nitrogens with one attached hydrogen (secondary N) is 1. The predicted octanol–water partition coefficient (Wildman–Crippen LogP) is 3.87. The van der Waals surface area contributed by atoms with Crippen molar-refractivity contribution in [3.63, 3.8) is 0 Å². The Balaban J connectivity index is 1.66. The standard InChI is InChI=1S/C20H22N2O3S/c1-3-17(15-9-10-18-19(13-15)25-12-11-24-18)21-22-20(23)14(2)26-16-7-5-4-6-8-16/h4-10,13-14H,3,11-12H2,1-2H3,(H,22,23). The quantitative estimate of drug-likeness (QED) is 0.476. The van der Waals surface area contributed by atoms with Gasteiger partial charge in [0.2, 0.25) is 0 Å². The van der Waals surface area contributed by atoms with Crippen molar-refractivity contribution < 1.29 is 14.3 Å². The van der Waals surface area contributed by atoms with Crippen molar-refractivity contribution in [1.29, 1.82) is 0 Å². The summed E-state index contributed by atoms with van der Waals surface area (Å²) in [6.45, 7) is 4.98. The van der Waals surface area contributed by atoms with Crippen molar-refractivity contribution in [2.75, 3.05) is 13.2 Å². The van der Waals surface area contributed by atoms with Crippen LogP contribution in [0.15, 0.2) is 58.5 Å². The molecule has 1 N–H and O–H groups in total. The number of nitrogens with zero attached hydrogens (tertiary/aromatic N) is 1. The average molecular weight is 370 g/mol. The number of benzene rings is 2. The smallest absolute Gasteiger partial charge is 0.253 e. The van der Waals surface area contributed by atoms with Gasteiger partial charge < -0.3 is 9.47 Å². The third-order valence-corrected chi connectivity index (χ3v) is 5.05. The summed E-state index contributed by atoms with van der Waals surface area (Å²) in [5, 5.41) is 4.09. The van der Waals surface area contributed by atoms with E-state index in [0.29, 0.717) is 25.4 Å². The number of carbonyl (C=O) groups is 1. The molecule has 0 saturated heterocycles. The highest BCUT2D eigenvalue weighted by Gasteiger charge is 2.16. The van der Waals surface area contributed by atoms with Crippen LogP contribution in [0.5, 0.6) is 11.5 Å². The molecule has 0 saturated carbocycles. The second-order valence-corrected chi connectivity index (χ2v) is 7.23. The SMILES string of the molecule is CCC(=NNC(=O)C(C)Sc1ccccc1)c1ccc2c(c1)OCCO2. The molecule has 2 aromatic rings. The van der Waals surface area contributed by atoms with Gasteiger partial charge >= 0.3 is 0 Å². The Kier molecular flexibility index (Phi) is 6.17. The predicted molar refractivity (Wildman–Crippen MR) is 104 cm³/mol. The van der Waals surface area contributed by atoms with Crippen molar-refractivity contribution in [3.8, 4) is 11.5 Å². The highest BCUT2D eigenvalue weighted by molar-refractivity contribution is 8.00.